The SMILES string of the molecule is COc1ccc(CNc2cc(Nc3cccc(Br)c3)ncn2)cc1. The predicted molar refractivity (Wildman–Crippen MR) is 99.8 cm³/mol. The van der Waals surface area contributed by atoms with Gasteiger partial charge in [0.25, 0.3) is 0 Å². The van der Waals surface area contributed by atoms with Gasteiger partial charge in [-0.05, 0) is 35.9 Å². The quantitative estimate of drug-likeness (QED) is 0.649. The first-order chi connectivity index (χ1) is 11.7. The highest BCUT2D eigenvalue weighted by Gasteiger charge is 2.01. The van der Waals surface area contributed by atoms with Crippen LogP contribution >= 0.6 is 15.9 Å². The number of halogens is 1. The average molecular weight is 385 g/mol. The molecule has 0 spiro atoms. The third-order valence-electron chi connectivity index (χ3n) is 3.40. The van der Waals surface area contributed by atoms with E-state index in [0.717, 1.165) is 33.1 Å². The van der Waals surface area contributed by atoms with E-state index in [9.17, 15) is 0 Å². The van der Waals surface area contributed by atoms with Crippen molar-refractivity contribution >= 4 is 33.3 Å². The molecule has 0 amide bonds. The van der Waals surface area contributed by atoms with E-state index in [2.05, 4.69) is 36.5 Å². The Bertz CT molecular complexity index is 808. The molecule has 5 nitrogen and oxygen atoms in total. The van der Waals surface area contributed by atoms with Gasteiger partial charge in [0.05, 0.1) is 7.11 Å². The van der Waals surface area contributed by atoms with E-state index in [0.29, 0.717) is 6.54 Å². The van der Waals surface area contributed by atoms with Gasteiger partial charge in [-0.3, -0.25) is 0 Å². The van der Waals surface area contributed by atoms with Gasteiger partial charge in [0.1, 0.15) is 23.7 Å². The summed E-state index contributed by atoms with van der Waals surface area (Å²) in [5, 5.41) is 6.56. The highest BCUT2D eigenvalue weighted by Crippen LogP contribution is 2.20. The molecule has 0 bridgehead atoms. The highest BCUT2D eigenvalue weighted by atomic mass is 79.9. The molecule has 0 aliphatic heterocycles. The Hall–Kier alpha value is -2.60. The molecule has 0 atom stereocenters. The number of nitrogens with one attached hydrogen (secondary N) is 2. The molecule has 3 rings (SSSR count). The molecular formula is C18H17BrN4O. The third-order valence-corrected chi connectivity index (χ3v) is 3.89. The van der Waals surface area contributed by atoms with Gasteiger partial charge in [0.2, 0.25) is 0 Å². The maximum absolute atomic E-state index is 5.16. The lowest BCUT2D eigenvalue weighted by Crippen LogP contribution is -2.03. The van der Waals surface area contributed by atoms with E-state index in [1.165, 1.54) is 6.33 Å². The summed E-state index contributed by atoms with van der Waals surface area (Å²) in [6, 6.07) is 17.7. The van der Waals surface area contributed by atoms with Crippen LogP contribution in [0.15, 0.2) is 65.4 Å². The number of benzene rings is 2. The lowest BCUT2D eigenvalue weighted by molar-refractivity contribution is 0.414. The van der Waals surface area contributed by atoms with E-state index >= 15 is 0 Å². The predicted octanol–water partition coefficient (Wildman–Crippen LogP) is 4.60. The Morgan fingerprint density at radius 3 is 2.54 bits per heavy atom. The van der Waals surface area contributed by atoms with Crippen LogP contribution in [0.3, 0.4) is 0 Å². The van der Waals surface area contributed by atoms with Crippen LogP contribution in [0.4, 0.5) is 17.3 Å². The molecule has 0 saturated carbocycles. The molecule has 0 aliphatic carbocycles. The monoisotopic (exact) mass is 384 g/mol. The van der Waals surface area contributed by atoms with Crippen LogP contribution in [-0.2, 0) is 6.54 Å². The number of ether oxygens (including phenoxy) is 1. The summed E-state index contributed by atoms with van der Waals surface area (Å²) in [5.41, 5.74) is 2.11. The number of hydrogen-bond acceptors (Lipinski definition) is 5. The number of methoxy groups -OCH3 is 1. The fourth-order valence-corrected chi connectivity index (χ4v) is 2.57. The van der Waals surface area contributed by atoms with Crippen molar-refractivity contribution in [2.24, 2.45) is 0 Å². The van der Waals surface area contributed by atoms with E-state index in [4.69, 9.17) is 4.74 Å². The van der Waals surface area contributed by atoms with Crippen LogP contribution in [0.1, 0.15) is 5.56 Å². The summed E-state index contributed by atoms with van der Waals surface area (Å²) in [6.45, 7) is 0.678. The van der Waals surface area contributed by atoms with Gasteiger partial charge >= 0.3 is 0 Å². The second-order valence-electron chi connectivity index (χ2n) is 5.13. The van der Waals surface area contributed by atoms with Crippen molar-refractivity contribution in [2.75, 3.05) is 17.7 Å². The molecule has 1 heterocycles. The lowest BCUT2D eigenvalue weighted by Gasteiger charge is -2.09. The van der Waals surface area contributed by atoms with Crippen molar-refractivity contribution in [1.82, 2.24) is 9.97 Å². The maximum atomic E-state index is 5.16. The summed E-state index contributed by atoms with van der Waals surface area (Å²) in [4.78, 5) is 8.50. The number of rotatable bonds is 6. The Morgan fingerprint density at radius 2 is 1.79 bits per heavy atom. The van der Waals surface area contributed by atoms with Crippen LogP contribution in [0, 0.1) is 0 Å². The summed E-state index contributed by atoms with van der Waals surface area (Å²) < 4.78 is 6.17. The molecule has 2 aromatic carbocycles. The number of hydrogen-bond donors (Lipinski definition) is 2. The largest absolute Gasteiger partial charge is 0.497 e. The topological polar surface area (TPSA) is 59.1 Å². The molecule has 0 radical (unpaired) electrons. The van der Waals surface area contributed by atoms with Gasteiger partial charge in [-0.2, -0.15) is 0 Å². The van der Waals surface area contributed by atoms with Crippen LogP contribution in [0.25, 0.3) is 0 Å². The van der Waals surface area contributed by atoms with Crippen molar-refractivity contribution < 1.29 is 4.74 Å². The first-order valence-electron chi connectivity index (χ1n) is 7.44. The second kappa shape index (κ2) is 7.79. The first kappa shape index (κ1) is 16.3. The molecule has 2 N–H and O–H groups in total. The average Bonchev–Trinajstić information content (AvgIpc) is 2.61. The van der Waals surface area contributed by atoms with Gasteiger partial charge in [-0.15, -0.1) is 0 Å². The highest BCUT2D eigenvalue weighted by molar-refractivity contribution is 9.10. The summed E-state index contributed by atoms with van der Waals surface area (Å²) in [7, 11) is 1.66. The van der Waals surface area contributed by atoms with Crippen LogP contribution in [-0.4, -0.2) is 17.1 Å². The minimum absolute atomic E-state index is 0.678. The van der Waals surface area contributed by atoms with E-state index in [1.54, 1.807) is 7.11 Å². The van der Waals surface area contributed by atoms with Gasteiger partial charge in [0.15, 0.2) is 0 Å². The Labute approximate surface area is 149 Å². The fourth-order valence-electron chi connectivity index (χ4n) is 2.17. The zero-order chi connectivity index (χ0) is 16.8. The third kappa shape index (κ3) is 4.45. The molecule has 0 saturated heterocycles. The van der Waals surface area contributed by atoms with Gasteiger partial charge < -0.3 is 15.4 Å². The molecular weight excluding hydrogens is 368 g/mol. The Kier molecular flexibility index (Phi) is 5.28. The van der Waals surface area contributed by atoms with E-state index < -0.39 is 0 Å². The zero-order valence-electron chi connectivity index (χ0n) is 13.2. The molecule has 24 heavy (non-hydrogen) atoms. The summed E-state index contributed by atoms with van der Waals surface area (Å²) in [5.74, 6) is 2.35. The zero-order valence-corrected chi connectivity index (χ0v) is 14.7. The van der Waals surface area contributed by atoms with Gasteiger partial charge in [0, 0.05) is 22.8 Å². The minimum Gasteiger partial charge on any atom is -0.497 e. The molecule has 6 heteroatoms. The molecule has 1 aromatic heterocycles. The summed E-state index contributed by atoms with van der Waals surface area (Å²) >= 11 is 3.46. The van der Waals surface area contributed by atoms with Crippen molar-refractivity contribution in [3.63, 3.8) is 0 Å². The van der Waals surface area contributed by atoms with E-state index in [1.807, 2.05) is 54.6 Å². The molecule has 0 unspecified atom stereocenters. The van der Waals surface area contributed by atoms with Crippen molar-refractivity contribution in [3.8, 4) is 5.75 Å². The number of nitrogens with zero attached hydrogens (tertiary/aromatic N) is 2. The van der Waals surface area contributed by atoms with Crippen LogP contribution in [0.5, 0.6) is 5.75 Å². The van der Waals surface area contributed by atoms with E-state index in [-0.39, 0.29) is 0 Å². The first-order valence-corrected chi connectivity index (χ1v) is 8.24. The maximum Gasteiger partial charge on any atom is 0.135 e. The second-order valence-corrected chi connectivity index (χ2v) is 6.04. The van der Waals surface area contributed by atoms with Crippen molar-refractivity contribution in [2.45, 2.75) is 6.54 Å². The molecule has 3 aromatic rings. The summed E-state index contributed by atoms with van der Waals surface area (Å²) in [6.07, 6.45) is 1.54. The minimum atomic E-state index is 0.678. The molecule has 122 valence electrons. The van der Waals surface area contributed by atoms with Crippen molar-refractivity contribution in [1.29, 1.82) is 0 Å². The van der Waals surface area contributed by atoms with Crippen LogP contribution < -0.4 is 15.4 Å². The fraction of sp³-hybridized carbons (Fsp3) is 0.111. The Morgan fingerprint density at radius 1 is 1.00 bits per heavy atom. The van der Waals surface area contributed by atoms with Crippen LogP contribution in [0.2, 0.25) is 0 Å². The standard InChI is InChI=1S/C18H17BrN4O/c1-24-16-7-5-13(6-8-16)11-20-17-10-18(22-12-21-17)23-15-4-2-3-14(19)9-15/h2-10,12H,11H2,1H3,(H2,20,21,22,23). The Balaban J connectivity index is 1.64. The van der Waals surface area contributed by atoms with Crippen molar-refractivity contribution in [3.05, 3.63) is 71.0 Å². The van der Waals surface area contributed by atoms with Gasteiger partial charge in [-0.25, -0.2) is 9.97 Å². The lowest BCUT2D eigenvalue weighted by atomic mass is 10.2. The molecule has 0 fully saturated rings. The normalized spacial score (nSPS) is 10.2. The number of anilines is 3. The molecule has 0 aliphatic rings. The number of aromatic nitrogens is 2. The van der Waals surface area contributed by atoms with Gasteiger partial charge in [-0.1, -0.05) is 34.1 Å². The smallest absolute Gasteiger partial charge is 0.135 e.